The third kappa shape index (κ3) is 4.14. The molecule has 4 heterocycles. The Morgan fingerprint density at radius 1 is 1.21 bits per heavy atom. The lowest BCUT2D eigenvalue weighted by atomic mass is 9.92. The molecular formula is C19H21F3N4OS. The Hall–Kier alpha value is -2.16. The SMILES string of the molecule is O=C(CC1CCN(c2cc(C(F)(F)F)ncn2)CC1)N1CCc2sccc2C1. The van der Waals surface area contributed by atoms with Crippen LogP contribution in [0.25, 0.3) is 0 Å². The largest absolute Gasteiger partial charge is 0.433 e. The number of thiophene rings is 1. The number of alkyl halides is 3. The van der Waals surface area contributed by atoms with E-state index in [9.17, 15) is 18.0 Å². The summed E-state index contributed by atoms with van der Waals surface area (Å²) in [5.74, 6) is 0.737. The van der Waals surface area contributed by atoms with E-state index >= 15 is 0 Å². The zero-order chi connectivity index (χ0) is 19.7. The Kier molecular flexibility index (Phi) is 5.27. The molecule has 0 unspecified atom stereocenters. The first-order valence-corrected chi connectivity index (χ1v) is 10.3. The van der Waals surface area contributed by atoms with Crippen molar-refractivity contribution in [1.82, 2.24) is 14.9 Å². The fourth-order valence-corrected chi connectivity index (χ4v) is 4.77. The minimum Gasteiger partial charge on any atom is -0.356 e. The fraction of sp³-hybridized carbons (Fsp3) is 0.526. The fourth-order valence-electron chi connectivity index (χ4n) is 3.88. The van der Waals surface area contributed by atoms with Gasteiger partial charge in [-0.2, -0.15) is 13.2 Å². The lowest BCUT2D eigenvalue weighted by Crippen LogP contribution is -2.39. The summed E-state index contributed by atoms with van der Waals surface area (Å²) in [6.07, 6.45) is -0.539. The molecule has 0 N–H and O–H groups in total. The van der Waals surface area contributed by atoms with Gasteiger partial charge in [-0.3, -0.25) is 4.79 Å². The maximum atomic E-state index is 12.8. The molecule has 150 valence electrons. The first kappa shape index (κ1) is 19.2. The van der Waals surface area contributed by atoms with Crippen LogP contribution in [0.4, 0.5) is 19.0 Å². The van der Waals surface area contributed by atoms with Crippen molar-refractivity contribution in [3.8, 4) is 0 Å². The molecule has 2 aliphatic rings. The predicted molar refractivity (Wildman–Crippen MR) is 100 cm³/mol. The van der Waals surface area contributed by atoms with Crippen LogP contribution in [0.2, 0.25) is 0 Å². The number of carbonyl (C=O) groups is 1. The van der Waals surface area contributed by atoms with Crippen LogP contribution in [-0.4, -0.2) is 40.4 Å². The second-order valence-electron chi connectivity index (χ2n) is 7.33. The van der Waals surface area contributed by atoms with Crippen molar-refractivity contribution in [3.63, 3.8) is 0 Å². The van der Waals surface area contributed by atoms with Crippen LogP contribution in [0.3, 0.4) is 0 Å². The molecule has 0 spiro atoms. The van der Waals surface area contributed by atoms with Gasteiger partial charge in [-0.1, -0.05) is 0 Å². The van der Waals surface area contributed by atoms with Crippen molar-refractivity contribution in [2.24, 2.45) is 5.92 Å². The van der Waals surface area contributed by atoms with Gasteiger partial charge in [0.15, 0.2) is 0 Å². The van der Waals surface area contributed by atoms with E-state index in [1.165, 1.54) is 10.4 Å². The molecule has 28 heavy (non-hydrogen) atoms. The van der Waals surface area contributed by atoms with Crippen LogP contribution >= 0.6 is 11.3 Å². The summed E-state index contributed by atoms with van der Waals surface area (Å²) >= 11 is 1.75. The molecule has 0 bridgehead atoms. The summed E-state index contributed by atoms with van der Waals surface area (Å²) in [5.41, 5.74) is 0.330. The molecule has 4 rings (SSSR count). The molecule has 5 nitrogen and oxygen atoms in total. The number of piperidine rings is 1. The maximum Gasteiger partial charge on any atom is 0.433 e. The van der Waals surface area contributed by atoms with E-state index in [0.29, 0.717) is 31.9 Å². The lowest BCUT2D eigenvalue weighted by Gasteiger charge is -2.34. The highest BCUT2D eigenvalue weighted by Gasteiger charge is 2.34. The van der Waals surface area contributed by atoms with Crippen LogP contribution in [0.15, 0.2) is 23.8 Å². The van der Waals surface area contributed by atoms with Crippen molar-refractivity contribution in [1.29, 1.82) is 0 Å². The topological polar surface area (TPSA) is 49.3 Å². The van der Waals surface area contributed by atoms with Crippen LogP contribution in [0.5, 0.6) is 0 Å². The van der Waals surface area contributed by atoms with E-state index in [2.05, 4.69) is 21.4 Å². The molecule has 0 atom stereocenters. The first-order valence-electron chi connectivity index (χ1n) is 9.37. The van der Waals surface area contributed by atoms with Crippen LogP contribution < -0.4 is 4.90 Å². The van der Waals surface area contributed by atoms with Gasteiger partial charge in [-0.25, -0.2) is 9.97 Å². The molecular weight excluding hydrogens is 389 g/mol. The highest BCUT2D eigenvalue weighted by atomic mass is 32.1. The maximum absolute atomic E-state index is 12.8. The van der Waals surface area contributed by atoms with Crippen LogP contribution in [0.1, 0.15) is 35.4 Å². The Morgan fingerprint density at radius 3 is 2.75 bits per heavy atom. The van der Waals surface area contributed by atoms with Gasteiger partial charge in [0.2, 0.25) is 5.91 Å². The van der Waals surface area contributed by atoms with Gasteiger partial charge in [0, 0.05) is 43.5 Å². The second-order valence-corrected chi connectivity index (χ2v) is 8.33. The summed E-state index contributed by atoms with van der Waals surface area (Å²) in [6, 6.07) is 3.09. The van der Waals surface area contributed by atoms with Gasteiger partial charge in [0.1, 0.15) is 17.8 Å². The average molecular weight is 410 g/mol. The summed E-state index contributed by atoms with van der Waals surface area (Å²) in [4.78, 5) is 25.1. The first-order chi connectivity index (χ1) is 13.4. The quantitative estimate of drug-likeness (QED) is 0.773. The molecule has 0 radical (unpaired) electrons. The number of anilines is 1. The van der Waals surface area contributed by atoms with E-state index in [1.807, 2.05) is 9.80 Å². The van der Waals surface area contributed by atoms with Crippen LogP contribution in [0, 0.1) is 5.92 Å². The Labute approximate surface area is 165 Å². The zero-order valence-corrected chi connectivity index (χ0v) is 16.1. The van der Waals surface area contributed by atoms with Crippen molar-refractivity contribution in [2.75, 3.05) is 24.5 Å². The third-order valence-corrected chi connectivity index (χ3v) is 6.53. The Balaban J connectivity index is 1.31. The van der Waals surface area contributed by atoms with Gasteiger partial charge in [0.25, 0.3) is 0 Å². The minimum absolute atomic E-state index is 0.177. The number of carbonyl (C=O) groups excluding carboxylic acids is 1. The number of hydrogen-bond acceptors (Lipinski definition) is 5. The van der Waals surface area contributed by atoms with Crippen molar-refractivity contribution in [3.05, 3.63) is 40.0 Å². The predicted octanol–water partition coefficient (Wildman–Crippen LogP) is 3.75. The standard InChI is InChI=1S/C19H21F3N4OS/c20-19(21,22)16-10-17(24-12-23-16)25-5-1-13(2-6-25)9-18(27)26-7-3-15-14(11-26)4-8-28-15/h4,8,10,12-13H,1-3,5-7,9,11H2. The van der Waals surface area contributed by atoms with E-state index in [4.69, 9.17) is 0 Å². The molecule has 1 saturated heterocycles. The Bertz CT molecular complexity index is 846. The van der Waals surface area contributed by atoms with E-state index in [1.54, 1.807) is 11.3 Å². The third-order valence-electron chi connectivity index (χ3n) is 5.51. The molecule has 0 saturated carbocycles. The number of fused-ring (bicyclic) bond motifs is 1. The molecule has 2 aliphatic heterocycles. The summed E-state index contributed by atoms with van der Waals surface area (Å²) < 4.78 is 38.5. The molecule has 0 aliphatic carbocycles. The number of rotatable bonds is 3. The summed E-state index contributed by atoms with van der Waals surface area (Å²) in [6.45, 7) is 2.66. The van der Waals surface area contributed by atoms with Crippen molar-refractivity contribution >= 4 is 23.1 Å². The molecule has 9 heteroatoms. The van der Waals surface area contributed by atoms with Crippen molar-refractivity contribution < 1.29 is 18.0 Å². The number of amides is 1. The van der Waals surface area contributed by atoms with Crippen LogP contribution in [-0.2, 0) is 23.9 Å². The number of nitrogens with zero attached hydrogens (tertiary/aromatic N) is 4. The van der Waals surface area contributed by atoms with E-state index in [-0.39, 0.29) is 11.8 Å². The summed E-state index contributed by atoms with van der Waals surface area (Å²) in [7, 11) is 0. The molecule has 2 aromatic heterocycles. The van der Waals surface area contributed by atoms with E-state index in [0.717, 1.165) is 38.2 Å². The molecule has 2 aromatic rings. The number of hydrogen-bond donors (Lipinski definition) is 0. The van der Waals surface area contributed by atoms with Gasteiger partial charge in [0.05, 0.1) is 0 Å². The highest BCUT2D eigenvalue weighted by molar-refractivity contribution is 7.10. The second kappa shape index (κ2) is 7.69. The van der Waals surface area contributed by atoms with Gasteiger partial charge >= 0.3 is 6.18 Å². The zero-order valence-electron chi connectivity index (χ0n) is 15.3. The van der Waals surface area contributed by atoms with E-state index < -0.39 is 11.9 Å². The number of halogens is 3. The van der Waals surface area contributed by atoms with Crippen molar-refractivity contribution in [2.45, 2.75) is 38.4 Å². The Morgan fingerprint density at radius 2 is 2.00 bits per heavy atom. The molecule has 1 amide bonds. The highest BCUT2D eigenvalue weighted by Crippen LogP contribution is 2.31. The van der Waals surface area contributed by atoms with Gasteiger partial charge < -0.3 is 9.80 Å². The van der Waals surface area contributed by atoms with Gasteiger partial charge in [-0.15, -0.1) is 11.3 Å². The van der Waals surface area contributed by atoms with Gasteiger partial charge in [-0.05, 0) is 42.2 Å². The molecule has 1 fully saturated rings. The minimum atomic E-state index is -4.47. The average Bonchev–Trinajstić information content (AvgIpc) is 3.16. The lowest BCUT2D eigenvalue weighted by molar-refractivity contribution is -0.141. The number of aromatic nitrogens is 2. The smallest absolute Gasteiger partial charge is 0.356 e. The summed E-state index contributed by atoms with van der Waals surface area (Å²) in [5, 5.41) is 2.08. The normalized spacial score (nSPS) is 18.2. The molecule has 0 aromatic carbocycles. The monoisotopic (exact) mass is 410 g/mol.